The molecule has 0 spiro atoms. The number of benzene rings is 1. The minimum atomic E-state index is 0.435. The van der Waals surface area contributed by atoms with Crippen molar-refractivity contribution in [2.24, 2.45) is 0 Å². The summed E-state index contributed by atoms with van der Waals surface area (Å²) < 4.78 is 6.37. The van der Waals surface area contributed by atoms with Gasteiger partial charge in [-0.2, -0.15) is 0 Å². The molecular weight excluding hydrogens is 270 g/mol. The van der Waals surface area contributed by atoms with Crippen LogP contribution in [0.3, 0.4) is 0 Å². The van der Waals surface area contributed by atoms with Crippen molar-refractivity contribution >= 4 is 15.9 Å². The molecule has 1 aromatic carbocycles. The number of methoxy groups -OCH3 is 1. The zero-order chi connectivity index (χ0) is 11.5. The van der Waals surface area contributed by atoms with Gasteiger partial charge < -0.3 is 9.94 Å². The molecule has 0 radical (unpaired) electrons. The van der Waals surface area contributed by atoms with E-state index in [-0.39, 0.29) is 0 Å². The molecule has 3 nitrogen and oxygen atoms in total. The Labute approximate surface area is 104 Å². The second-order valence-electron chi connectivity index (χ2n) is 4.05. The van der Waals surface area contributed by atoms with Crippen molar-refractivity contribution in [1.29, 1.82) is 0 Å². The average Bonchev–Trinajstić information content (AvgIpc) is 2.29. The molecule has 1 aromatic rings. The Balaban J connectivity index is 2.54. The predicted molar refractivity (Wildman–Crippen MR) is 66.0 cm³/mol. The third-order valence-electron chi connectivity index (χ3n) is 3.13. The van der Waals surface area contributed by atoms with Crippen LogP contribution < -0.4 is 10.2 Å². The van der Waals surface area contributed by atoms with Gasteiger partial charge in [0.25, 0.3) is 0 Å². The lowest BCUT2D eigenvalue weighted by Crippen LogP contribution is -2.14. The van der Waals surface area contributed by atoms with Gasteiger partial charge in [-0.05, 0) is 58.8 Å². The summed E-state index contributed by atoms with van der Waals surface area (Å²) in [6, 6.07) is 2.15. The fraction of sp³-hybridized carbons (Fsp3) is 0.500. The highest BCUT2D eigenvalue weighted by molar-refractivity contribution is 9.10. The van der Waals surface area contributed by atoms with E-state index < -0.39 is 0 Å². The minimum Gasteiger partial charge on any atom is -0.495 e. The number of hydrogen-bond donors (Lipinski definition) is 2. The Kier molecular flexibility index (Phi) is 3.84. The van der Waals surface area contributed by atoms with Crippen LogP contribution >= 0.6 is 15.9 Å². The Morgan fingerprint density at radius 3 is 2.88 bits per heavy atom. The van der Waals surface area contributed by atoms with E-state index in [0.717, 1.165) is 28.6 Å². The van der Waals surface area contributed by atoms with E-state index in [1.54, 1.807) is 7.11 Å². The molecule has 0 fully saturated rings. The van der Waals surface area contributed by atoms with E-state index in [1.807, 2.05) is 0 Å². The zero-order valence-corrected chi connectivity index (χ0v) is 10.9. The maximum Gasteiger partial charge on any atom is 0.137 e. The number of ether oxygens (including phenoxy) is 1. The SMILES string of the molecule is COc1c(Br)cc2c(c1CNO)CCCC2. The van der Waals surface area contributed by atoms with Crippen LogP contribution in [0.25, 0.3) is 0 Å². The van der Waals surface area contributed by atoms with Crippen molar-refractivity contribution in [3.05, 3.63) is 27.2 Å². The van der Waals surface area contributed by atoms with Gasteiger partial charge in [0.2, 0.25) is 0 Å². The molecule has 2 N–H and O–H groups in total. The van der Waals surface area contributed by atoms with Crippen LogP contribution in [0.4, 0.5) is 0 Å². The summed E-state index contributed by atoms with van der Waals surface area (Å²) in [5, 5.41) is 8.91. The van der Waals surface area contributed by atoms with Crippen molar-refractivity contribution in [1.82, 2.24) is 5.48 Å². The first kappa shape index (κ1) is 11.9. The van der Waals surface area contributed by atoms with Crippen LogP contribution in [0.1, 0.15) is 29.5 Å². The van der Waals surface area contributed by atoms with Crippen molar-refractivity contribution in [3.8, 4) is 5.75 Å². The van der Waals surface area contributed by atoms with E-state index in [9.17, 15) is 0 Å². The highest BCUT2D eigenvalue weighted by Crippen LogP contribution is 2.37. The molecule has 1 aliphatic rings. The number of halogens is 1. The lowest BCUT2D eigenvalue weighted by molar-refractivity contribution is 0.159. The summed E-state index contributed by atoms with van der Waals surface area (Å²) in [7, 11) is 1.66. The lowest BCUT2D eigenvalue weighted by atomic mass is 9.88. The molecule has 1 aliphatic carbocycles. The van der Waals surface area contributed by atoms with E-state index >= 15 is 0 Å². The second kappa shape index (κ2) is 5.17. The third-order valence-corrected chi connectivity index (χ3v) is 3.72. The number of aryl methyl sites for hydroxylation is 1. The largest absolute Gasteiger partial charge is 0.495 e. The fourth-order valence-corrected chi connectivity index (χ4v) is 3.10. The molecular formula is C12H16BrNO2. The molecule has 0 unspecified atom stereocenters. The topological polar surface area (TPSA) is 41.5 Å². The summed E-state index contributed by atoms with van der Waals surface area (Å²) in [6.07, 6.45) is 4.67. The minimum absolute atomic E-state index is 0.435. The first-order valence-corrected chi connectivity index (χ1v) is 6.31. The lowest BCUT2D eigenvalue weighted by Gasteiger charge is -2.22. The van der Waals surface area contributed by atoms with Gasteiger partial charge in [-0.1, -0.05) is 0 Å². The molecule has 0 saturated heterocycles. The Hall–Kier alpha value is -0.580. The molecule has 0 atom stereocenters. The average molecular weight is 286 g/mol. The predicted octanol–water partition coefficient (Wildman–Crippen LogP) is 2.82. The molecule has 88 valence electrons. The van der Waals surface area contributed by atoms with Crippen molar-refractivity contribution < 1.29 is 9.94 Å². The van der Waals surface area contributed by atoms with Gasteiger partial charge in [0.1, 0.15) is 5.75 Å². The maximum atomic E-state index is 8.91. The highest BCUT2D eigenvalue weighted by Gasteiger charge is 2.19. The molecule has 2 rings (SSSR count). The molecule has 0 bridgehead atoms. The Bertz CT molecular complexity index is 393. The number of hydroxylamine groups is 1. The monoisotopic (exact) mass is 285 g/mol. The van der Waals surface area contributed by atoms with Gasteiger partial charge in [-0.3, -0.25) is 0 Å². The molecule has 0 amide bonds. The van der Waals surface area contributed by atoms with Gasteiger partial charge in [-0.25, -0.2) is 5.48 Å². The fourth-order valence-electron chi connectivity index (χ4n) is 2.42. The van der Waals surface area contributed by atoms with Crippen LogP contribution in [-0.4, -0.2) is 12.3 Å². The molecule has 4 heteroatoms. The first-order chi connectivity index (χ1) is 7.77. The second-order valence-corrected chi connectivity index (χ2v) is 4.90. The van der Waals surface area contributed by atoms with Crippen LogP contribution in [0.15, 0.2) is 10.5 Å². The Morgan fingerprint density at radius 1 is 1.44 bits per heavy atom. The third kappa shape index (κ3) is 2.10. The quantitative estimate of drug-likeness (QED) is 0.840. The smallest absolute Gasteiger partial charge is 0.137 e. The maximum absolute atomic E-state index is 8.91. The molecule has 0 saturated carbocycles. The summed E-state index contributed by atoms with van der Waals surface area (Å²) >= 11 is 3.52. The standard InChI is InChI=1S/C12H16BrNO2/c1-16-12-10(7-14-15)9-5-3-2-4-8(9)6-11(12)13/h6,14-15H,2-5,7H2,1H3. The van der Waals surface area contributed by atoms with Crippen LogP contribution in [0.2, 0.25) is 0 Å². The van der Waals surface area contributed by atoms with E-state index in [2.05, 4.69) is 27.5 Å². The summed E-state index contributed by atoms with van der Waals surface area (Å²) in [6.45, 7) is 0.435. The van der Waals surface area contributed by atoms with E-state index in [1.165, 1.54) is 24.0 Å². The number of fused-ring (bicyclic) bond motifs is 1. The normalized spacial score (nSPS) is 14.7. The van der Waals surface area contributed by atoms with Gasteiger partial charge in [0.15, 0.2) is 0 Å². The van der Waals surface area contributed by atoms with Gasteiger partial charge >= 0.3 is 0 Å². The zero-order valence-electron chi connectivity index (χ0n) is 9.35. The van der Waals surface area contributed by atoms with E-state index in [4.69, 9.17) is 9.94 Å². The molecule has 16 heavy (non-hydrogen) atoms. The van der Waals surface area contributed by atoms with Crippen LogP contribution in [0, 0.1) is 0 Å². The summed E-state index contributed by atoms with van der Waals surface area (Å²) in [4.78, 5) is 0. The van der Waals surface area contributed by atoms with Gasteiger partial charge in [0, 0.05) is 12.1 Å². The molecule has 0 heterocycles. The van der Waals surface area contributed by atoms with Gasteiger partial charge in [-0.15, -0.1) is 0 Å². The van der Waals surface area contributed by atoms with Crippen LogP contribution in [0.5, 0.6) is 5.75 Å². The molecule has 0 aliphatic heterocycles. The van der Waals surface area contributed by atoms with Crippen molar-refractivity contribution in [3.63, 3.8) is 0 Å². The van der Waals surface area contributed by atoms with Crippen molar-refractivity contribution in [2.45, 2.75) is 32.2 Å². The van der Waals surface area contributed by atoms with E-state index in [0.29, 0.717) is 6.54 Å². The summed E-state index contributed by atoms with van der Waals surface area (Å²) in [5.74, 6) is 0.835. The number of nitrogens with one attached hydrogen (secondary N) is 1. The first-order valence-electron chi connectivity index (χ1n) is 5.52. The highest BCUT2D eigenvalue weighted by atomic mass is 79.9. The summed E-state index contributed by atoms with van der Waals surface area (Å²) in [5.41, 5.74) is 6.03. The Morgan fingerprint density at radius 2 is 2.19 bits per heavy atom. The molecule has 0 aromatic heterocycles. The number of rotatable bonds is 3. The van der Waals surface area contributed by atoms with Crippen LogP contribution in [-0.2, 0) is 19.4 Å². The van der Waals surface area contributed by atoms with Crippen molar-refractivity contribution in [2.75, 3.05) is 7.11 Å². The van der Waals surface area contributed by atoms with Gasteiger partial charge in [0.05, 0.1) is 11.6 Å². The number of hydrogen-bond acceptors (Lipinski definition) is 3.